The Kier molecular flexibility index (Phi) is 5.63. The van der Waals surface area contributed by atoms with Crippen molar-refractivity contribution >= 4 is 29.2 Å². The monoisotopic (exact) mass is 373 g/mol. The fraction of sp³-hybridized carbons (Fsp3) is 0.263. The maximum absolute atomic E-state index is 12.3. The minimum absolute atomic E-state index is 0.0189. The van der Waals surface area contributed by atoms with E-state index in [1.165, 1.54) is 0 Å². The van der Waals surface area contributed by atoms with Crippen LogP contribution in [0.15, 0.2) is 48.5 Å². The van der Waals surface area contributed by atoms with E-state index in [4.69, 9.17) is 16.3 Å². The van der Waals surface area contributed by atoms with Crippen LogP contribution >= 0.6 is 11.6 Å². The number of urea groups is 1. The molecule has 0 spiro atoms. The molecule has 1 aliphatic heterocycles. The molecule has 3 rings (SSSR count). The second kappa shape index (κ2) is 8.10. The van der Waals surface area contributed by atoms with E-state index in [2.05, 4.69) is 16.0 Å². The average molecular weight is 374 g/mol. The molecule has 0 aliphatic carbocycles. The Balaban J connectivity index is 1.70. The standard InChI is InChI=1S/C19H20ClN3O3/c1-26-15-8-2-12(3-9-15)16-11-21-18(24)10-17(16)23-19(25)22-14-6-4-13(20)5-7-14/h2-9,16-17H,10-11H2,1H3,(H,21,24)(H2,22,23,25). The predicted octanol–water partition coefficient (Wildman–Crippen LogP) is 3.14. The molecule has 3 amide bonds. The van der Waals surface area contributed by atoms with Crippen molar-refractivity contribution in [3.8, 4) is 5.75 Å². The van der Waals surface area contributed by atoms with Crippen molar-refractivity contribution in [2.24, 2.45) is 0 Å². The molecular formula is C19H20ClN3O3. The van der Waals surface area contributed by atoms with Crippen molar-refractivity contribution in [2.45, 2.75) is 18.4 Å². The van der Waals surface area contributed by atoms with Gasteiger partial charge in [-0.3, -0.25) is 4.79 Å². The molecule has 2 atom stereocenters. The van der Waals surface area contributed by atoms with E-state index in [-0.39, 0.29) is 30.3 Å². The van der Waals surface area contributed by atoms with Crippen molar-refractivity contribution < 1.29 is 14.3 Å². The summed E-state index contributed by atoms with van der Waals surface area (Å²) in [6.07, 6.45) is 0.227. The van der Waals surface area contributed by atoms with E-state index in [0.29, 0.717) is 17.3 Å². The number of methoxy groups -OCH3 is 1. The van der Waals surface area contributed by atoms with Crippen LogP contribution in [-0.2, 0) is 4.79 Å². The summed E-state index contributed by atoms with van der Waals surface area (Å²) in [5.74, 6) is 0.666. The third-order valence-corrected chi connectivity index (χ3v) is 4.62. The molecule has 1 heterocycles. The van der Waals surface area contributed by atoms with E-state index in [1.54, 1.807) is 31.4 Å². The van der Waals surface area contributed by atoms with Gasteiger partial charge in [0.25, 0.3) is 0 Å². The third-order valence-electron chi connectivity index (χ3n) is 4.37. The van der Waals surface area contributed by atoms with Crippen LogP contribution in [0.4, 0.5) is 10.5 Å². The topological polar surface area (TPSA) is 79.5 Å². The van der Waals surface area contributed by atoms with Crippen molar-refractivity contribution in [3.05, 3.63) is 59.1 Å². The van der Waals surface area contributed by atoms with E-state index >= 15 is 0 Å². The number of carbonyl (C=O) groups excluding carboxylic acids is 2. The molecule has 0 saturated carbocycles. The molecule has 1 saturated heterocycles. The fourth-order valence-corrected chi connectivity index (χ4v) is 3.13. The molecule has 26 heavy (non-hydrogen) atoms. The number of amides is 3. The summed E-state index contributed by atoms with van der Waals surface area (Å²) in [7, 11) is 1.61. The molecular weight excluding hydrogens is 354 g/mol. The number of rotatable bonds is 4. The number of piperidine rings is 1. The van der Waals surface area contributed by atoms with Gasteiger partial charge in [-0.1, -0.05) is 23.7 Å². The van der Waals surface area contributed by atoms with Crippen LogP contribution in [-0.4, -0.2) is 31.6 Å². The molecule has 0 aromatic heterocycles. The second-order valence-electron chi connectivity index (χ2n) is 6.10. The SMILES string of the molecule is COc1ccc(C2CNC(=O)CC2NC(=O)Nc2ccc(Cl)cc2)cc1. The highest BCUT2D eigenvalue weighted by Gasteiger charge is 2.31. The lowest BCUT2D eigenvalue weighted by atomic mass is 9.86. The maximum atomic E-state index is 12.3. The number of hydrogen-bond donors (Lipinski definition) is 3. The van der Waals surface area contributed by atoms with Gasteiger partial charge < -0.3 is 20.7 Å². The molecule has 136 valence electrons. The van der Waals surface area contributed by atoms with Crippen LogP contribution in [0, 0.1) is 0 Å². The molecule has 1 fully saturated rings. The quantitative estimate of drug-likeness (QED) is 0.770. The summed E-state index contributed by atoms with van der Waals surface area (Å²) in [6, 6.07) is 13.8. The molecule has 3 N–H and O–H groups in total. The summed E-state index contributed by atoms with van der Waals surface area (Å²) >= 11 is 5.85. The highest BCUT2D eigenvalue weighted by atomic mass is 35.5. The molecule has 2 aromatic rings. The summed E-state index contributed by atoms with van der Waals surface area (Å²) in [5, 5.41) is 9.13. The number of anilines is 1. The van der Waals surface area contributed by atoms with Crippen LogP contribution in [0.25, 0.3) is 0 Å². The van der Waals surface area contributed by atoms with Crippen molar-refractivity contribution in [1.82, 2.24) is 10.6 Å². The summed E-state index contributed by atoms with van der Waals surface area (Å²) < 4.78 is 5.18. The van der Waals surface area contributed by atoms with Crippen molar-refractivity contribution in [1.29, 1.82) is 0 Å². The predicted molar refractivity (Wildman–Crippen MR) is 101 cm³/mol. The Morgan fingerprint density at radius 3 is 2.50 bits per heavy atom. The van der Waals surface area contributed by atoms with Crippen molar-refractivity contribution in [2.75, 3.05) is 19.0 Å². The second-order valence-corrected chi connectivity index (χ2v) is 6.54. The Hall–Kier alpha value is -2.73. The van der Waals surface area contributed by atoms with Crippen LogP contribution in [0.3, 0.4) is 0 Å². The zero-order valence-corrected chi connectivity index (χ0v) is 15.0. The number of carbonyl (C=O) groups is 2. The highest BCUT2D eigenvalue weighted by molar-refractivity contribution is 6.30. The van der Waals surface area contributed by atoms with E-state index < -0.39 is 0 Å². The van der Waals surface area contributed by atoms with Crippen LogP contribution in [0.1, 0.15) is 17.9 Å². The smallest absolute Gasteiger partial charge is 0.319 e. The summed E-state index contributed by atoms with van der Waals surface area (Å²) in [4.78, 5) is 24.2. The molecule has 2 unspecified atom stereocenters. The van der Waals surface area contributed by atoms with Gasteiger partial charge in [0.05, 0.1) is 7.11 Å². The van der Waals surface area contributed by atoms with Gasteiger partial charge in [-0.2, -0.15) is 0 Å². The minimum atomic E-state index is -0.356. The molecule has 0 bridgehead atoms. The average Bonchev–Trinajstić information content (AvgIpc) is 2.64. The van der Waals surface area contributed by atoms with Crippen molar-refractivity contribution in [3.63, 3.8) is 0 Å². The Morgan fingerprint density at radius 1 is 1.15 bits per heavy atom. The maximum Gasteiger partial charge on any atom is 0.319 e. The van der Waals surface area contributed by atoms with E-state index in [1.807, 2.05) is 24.3 Å². The Bertz CT molecular complexity index is 778. The molecule has 0 radical (unpaired) electrons. The van der Waals surface area contributed by atoms with E-state index in [9.17, 15) is 9.59 Å². The van der Waals surface area contributed by atoms with Gasteiger partial charge in [0.15, 0.2) is 0 Å². The zero-order chi connectivity index (χ0) is 18.5. The van der Waals surface area contributed by atoms with Gasteiger partial charge in [-0.15, -0.1) is 0 Å². The van der Waals surface area contributed by atoms with Gasteiger partial charge in [-0.05, 0) is 42.0 Å². The first-order valence-corrected chi connectivity index (χ1v) is 8.66. The van der Waals surface area contributed by atoms with Crippen LogP contribution in [0.5, 0.6) is 5.75 Å². The van der Waals surface area contributed by atoms with Gasteiger partial charge >= 0.3 is 6.03 Å². The fourth-order valence-electron chi connectivity index (χ4n) is 3.00. The lowest BCUT2D eigenvalue weighted by molar-refractivity contribution is -0.123. The molecule has 2 aromatic carbocycles. The van der Waals surface area contributed by atoms with E-state index in [0.717, 1.165) is 11.3 Å². The molecule has 7 heteroatoms. The Morgan fingerprint density at radius 2 is 1.85 bits per heavy atom. The lowest BCUT2D eigenvalue weighted by Gasteiger charge is -2.32. The molecule has 6 nitrogen and oxygen atoms in total. The lowest BCUT2D eigenvalue weighted by Crippen LogP contribution is -2.51. The first-order chi connectivity index (χ1) is 12.5. The number of ether oxygens (including phenoxy) is 1. The minimum Gasteiger partial charge on any atom is -0.497 e. The highest BCUT2D eigenvalue weighted by Crippen LogP contribution is 2.26. The van der Waals surface area contributed by atoms with Gasteiger partial charge in [-0.25, -0.2) is 4.79 Å². The summed E-state index contributed by atoms with van der Waals surface area (Å²) in [6.45, 7) is 0.469. The molecule has 1 aliphatic rings. The van der Waals surface area contributed by atoms with Gasteiger partial charge in [0.2, 0.25) is 5.91 Å². The first kappa shape index (κ1) is 18.1. The third kappa shape index (κ3) is 4.46. The number of halogens is 1. The zero-order valence-electron chi connectivity index (χ0n) is 14.3. The first-order valence-electron chi connectivity index (χ1n) is 8.29. The summed E-state index contributed by atoms with van der Waals surface area (Å²) in [5.41, 5.74) is 1.66. The van der Waals surface area contributed by atoms with Gasteiger partial charge in [0, 0.05) is 35.6 Å². The number of benzene rings is 2. The largest absolute Gasteiger partial charge is 0.497 e. The van der Waals surface area contributed by atoms with Crippen LogP contribution in [0.2, 0.25) is 5.02 Å². The van der Waals surface area contributed by atoms with Gasteiger partial charge in [0.1, 0.15) is 5.75 Å². The Labute approximate surface area is 156 Å². The number of hydrogen-bond acceptors (Lipinski definition) is 3. The number of nitrogens with one attached hydrogen (secondary N) is 3. The normalized spacial score (nSPS) is 19.4. The van der Waals surface area contributed by atoms with Crippen LogP contribution < -0.4 is 20.7 Å².